The number of hydrogen-bond acceptors (Lipinski definition) is 6. The van der Waals surface area contributed by atoms with Crippen LogP contribution in [0.5, 0.6) is 0 Å². The second-order valence-electron chi connectivity index (χ2n) is 5.59. The normalized spacial score (nSPS) is 13.0. The van der Waals surface area contributed by atoms with Gasteiger partial charge in [0.05, 0.1) is 15.9 Å². The van der Waals surface area contributed by atoms with Crippen LogP contribution < -0.4 is 10.0 Å². The lowest BCUT2D eigenvalue weighted by Gasteiger charge is -2.15. The molecule has 0 aliphatic rings. The Labute approximate surface area is 144 Å². The summed E-state index contributed by atoms with van der Waals surface area (Å²) in [7, 11) is -3.78. The molecule has 0 radical (unpaired) electrons. The minimum Gasteiger partial charge on any atom is -0.372 e. The van der Waals surface area contributed by atoms with Crippen LogP contribution in [0.3, 0.4) is 0 Å². The molecule has 1 atom stereocenters. The molecule has 2 rings (SSSR count). The van der Waals surface area contributed by atoms with E-state index in [0.717, 1.165) is 10.9 Å². The van der Waals surface area contributed by atoms with Crippen molar-refractivity contribution in [2.45, 2.75) is 37.8 Å². The predicted octanol–water partition coefficient (Wildman–Crippen LogP) is 3.52. The maximum Gasteiger partial charge on any atom is 0.293 e. The molecule has 7 nitrogen and oxygen atoms in total. The molecule has 0 amide bonds. The first-order chi connectivity index (χ1) is 11.2. The number of nitrogens with one attached hydrogen (secondary N) is 2. The van der Waals surface area contributed by atoms with Crippen molar-refractivity contribution in [3.63, 3.8) is 0 Å². The molecule has 0 spiro atoms. The Balaban J connectivity index is 2.35. The van der Waals surface area contributed by atoms with E-state index in [-0.39, 0.29) is 28.4 Å². The molecule has 2 N–H and O–H groups in total. The number of nitro benzene ring substituents is 1. The van der Waals surface area contributed by atoms with Crippen LogP contribution in [0.4, 0.5) is 11.4 Å². The third kappa shape index (κ3) is 4.31. The highest BCUT2D eigenvalue weighted by molar-refractivity contribution is 7.89. The van der Waals surface area contributed by atoms with Gasteiger partial charge in [-0.3, -0.25) is 10.1 Å². The zero-order valence-electron chi connectivity index (χ0n) is 13.5. The number of nitro groups is 1. The highest BCUT2D eigenvalue weighted by Crippen LogP contribution is 2.31. The standard InChI is InChI=1S/C15H19N3O4S2/c1-10(2)17-24(21,22)12-6-7-13(14(9-12)18(19)20)16-11(3)15-5-4-8-23-15/h4-11,16-17H,1-3H3/t11-/m0/s1. The topological polar surface area (TPSA) is 101 Å². The van der Waals surface area contributed by atoms with Gasteiger partial charge in [-0.1, -0.05) is 6.07 Å². The first-order valence-electron chi connectivity index (χ1n) is 7.31. The maximum atomic E-state index is 12.2. The number of anilines is 1. The number of rotatable bonds is 7. The van der Waals surface area contributed by atoms with Gasteiger partial charge in [0.15, 0.2) is 0 Å². The zero-order valence-corrected chi connectivity index (χ0v) is 15.1. The van der Waals surface area contributed by atoms with Crippen LogP contribution in [0.25, 0.3) is 0 Å². The van der Waals surface area contributed by atoms with Crippen LogP contribution in [0.15, 0.2) is 40.6 Å². The lowest BCUT2D eigenvalue weighted by atomic mass is 10.2. The minimum absolute atomic E-state index is 0.125. The molecule has 9 heteroatoms. The lowest BCUT2D eigenvalue weighted by Crippen LogP contribution is -2.30. The summed E-state index contributed by atoms with van der Waals surface area (Å²) in [5, 5.41) is 16.3. The second-order valence-corrected chi connectivity index (χ2v) is 8.29. The summed E-state index contributed by atoms with van der Waals surface area (Å²) in [6.07, 6.45) is 0. The van der Waals surface area contributed by atoms with Crippen LogP contribution in [0.1, 0.15) is 31.7 Å². The highest BCUT2D eigenvalue weighted by Gasteiger charge is 2.23. The summed E-state index contributed by atoms with van der Waals surface area (Å²) in [6.45, 7) is 5.26. The molecular weight excluding hydrogens is 350 g/mol. The van der Waals surface area contributed by atoms with Crippen LogP contribution in [0, 0.1) is 10.1 Å². The smallest absolute Gasteiger partial charge is 0.293 e. The van der Waals surface area contributed by atoms with Crippen molar-refractivity contribution < 1.29 is 13.3 Å². The van der Waals surface area contributed by atoms with Gasteiger partial charge in [0.1, 0.15) is 5.69 Å². The van der Waals surface area contributed by atoms with E-state index >= 15 is 0 Å². The Morgan fingerprint density at radius 3 is 2.46 bits per heavy atom. The number of sulfonamides is 1. The molecule has 24 heavy (non-hydrogen) atoms. The van der Waals surface area contributed by atoms with Crippen LogP contribution >= 0.6 is 11.3 Å². The molecule has 0 fully saturated rings. The lowest BCUT2D eigenvalue weighted by molar-refractivity contribution is -0.384. The summed E-state index contributed by atoms with van der Waals surface area (Å²) in [5.74, 6) is 0. The SMILES string of the molecule is CC(C)NS(=O)(=O)c1ccc(N[C@@H](C)c2cccs2)c([N+](=O)[O-])c1. The molecule has 1 heterocycles. The third-order valence-electron chi connectivity index (χ3n) is 3.21. The largest absolute Gasteiger partial charge is 0.372 e. The molecule has 0 aliphatic carbocycles. The Morgan fingerprint density at radius 1 is 1.21 bits per heavy atom. The van der Waals surface area contributed by atoms with E-state index in [2.05, 4.69) is 10.0 Å². The summed E-state index contributed by atoms with van der Waals surface area (Å²) < 4.78 is 26.8. The maximum absolute atomic E-state index is 12.2. The highest BCUT2D eigenvalue weighted by atomic mass is 32.2. The molecule has 0 saturated carbocycles. The molecular formula is C15H19N3O4S2. The molecule has 1 aromatic heterocycles. The van der Waals surface area contributed by atoms with Crippen molar-refractivity contribution in [1.29, 1.82) is 0 Å². The molecule has 0 aliphatic heterocycles. The van der Waals surface area contributed by atoms with E-state index in [4.69, 9.17) is 0 Å². The van der Waals surface area contributed by atoms with Crippen LogP contribution in [0.2, 0.25) is 0 Å². The minimum atomic E-state index is -3.78. The number of nitrogens with zero attached hydrogens (tertiary/aromatic N) is 1. The fraction of sp³-hybridized carbons (Fsp3) is 0.333. The van der Waals surface area contributed by atoms with E-state index in [9.17, 15) is 18.5 Å². The Morgan fingerprint density at radius 2 is 1.92 bits per heavy atom. The van der Waals surface area contributed by atoms with Gasteiger partial charge < -0.3 is 5.32 Å². The Bertz CT molecular complexity index is 817. The van der Waals surface area contributed by atoms with E-state index < -0.39 is 14.9 Å². The molecule has 130 valence electrons. The van der Waals surface area contributed by atoms with E-state index in [1.165, 1.54) is 12.1 Å². The van der Waals surface area contributed by atoms with Gasteiger partial charge in [-0.05, 0) is 44.4 Å². The van der Waals surface area contributed by atoms with E-state index in [1.807, 2.05) is 24.4 Å². The summed E-state index contributed by atoms with van der Waals surface area (Å²) in [5.41, 5.74) is 0.00874. The van der Waals surface area contributed by atoms with Crippen molar-refractivity contribution in [1.82, 2.24) is 4.72 Å². The fourth-order valence-corrected chi connectivity index (χ4v) is 4.18. The Kier molecular flexibility index (Phi) is 5.58. The van der Waals surface area contributed by atoms with Gasteiger partial charge in [0, 0.05) is 17.0 Å². The van der Waals surface area contributed by atoms with Crippen LogP contribution in [-0.2, 0) is 10.0 Å². The van der Waals surface area contributed by atoms with Crippen molar-refractivity contribution in [3.8, 4) is 0 Å². The summed E-state index contributed by atoms with van der Waals surface area (Å²) >= 11 is 1.54. The van der Waals surface area contributed by atoms with Gasteiger partial charge in [-0.2, -0.15) is 0 Å². The quantitative estimate of drug-likeness (QED) is 0.574. The van der Waals surface area contributed by atoms with Gasteiger partial charge >= 0.3 is 0 Å². The molecule has 0 saturated heterocycles. The Hall–Kier alpha value is -1.97. The monoisotopic (exact) mass is 369 g/mol. The average Bonchev–Trinajstić information content (AvgIpc) is 3.00. The van der Waals surface area contributed by atoms with E-state index in [0.29, 0.717) is 0 Å². The number of benzene rings is 1. The number of hydrogen-bond donors (Lipinski definition) is 2. The summed E-state index contributed by atoms with van der Waals surface area (Å²) in [6, 6.07) is 7.27. The van der Waals surface area contributed by atoms with E-state index in [1.54, 1.807) is 25.2 Å². The fourth-order valence-electron chi connectivity index (χ4n) is 2.17. The second kappa shape index (κ2) is 7.29. The van der Waals surface area contributed by atoms with Crippen molar-refractivity contribution in [2.75, 3.05) is 5.32 Å². The molecule has 0 unspecified atom stereocenters. The van der Waals surface area contributed by atoms with Gasteiger partial charge in [-0.15, -0.1) is 11.3 Å². The first kappa shape index (κ1) is 18.4. The average molecular weight is 369 g/mol. The molecule has 1 aromatic carbocycles. The third-order valence-corrected chi connectivity index (χ3v) is 5.92. The molecule has 2 aromatic rings. The van der Waals surface area contributed by atoms with Gasteiger partial charge in [0.25, 0.3) is 5.69 Å². The molecule has 0 bridgehead atoms. The predicted molar refractivity (Wildman–Crippen MR) is 94.9 cm³/mol. The van der Waals surface area contributed by atoms with Crippen molar-refractivity contribution in [3.05, 3.63) is 50.7 Å². The van der Waals surface area contributed by atoms with Crippen LogP contribution in [-0.4, -0.2) is 19.4 Å². The summed E-state index contributed by atoms with van der Waals surface area (Å²) in [4.78, 5) is 11.7. The number of thiophene rings is 1. The van der Waals surface area contributed by atoms with Crippen molar-refractivity contribution >= 4 is 32.7 Å². The first-order valence-corrected chi connectivity index (χ1v) is 9.67. The van der Waals surface area contributed by atoms with Gasteiger partial charge in [-0.25, -0.2) is 13.1 Å². The van der Waals surface area contributed by atoms with Crippen molar-refractivity contribution in [2.24, 2.45) is 0 Å². The zero-order chi connectivity index (χ0) is 17.9. The van der Waals surface area contributed by atoms with Gasteiger partial charge in [0.2, 0.25) is 10.0 Å².